The average Bonchev–Trinajstić information content (AvgIpc) is 3.69. The van der Waals surface area contributed by atoms with Gasteiger partial charge in [-0.15, -0.1) is 11.3 Å². The van der Waals surface area contributed by atoms with Crippen LogP contribution in [0.25, 0.3) is 21.3 Å². The topological polar surface area (TPSA) is 153 Å². The highest BCUT2D eigenvalue weighted by molar-refractivity contribution is 7.92. The minimum Gasteiger partial charge on any atom is -0.384 e. The molecule has 1 aliphatic rings. The van der Waals surface area contributed by atoms with Gasteiger partial charge in [-0.05, 0) is 48.2 Å². The Morgan fingerprint density at radius 1 is 1.02 bits per heavy atom. The Balaban J connectivity index is 1.52. The van der Waals surface area contributed by atoms with Gasteiger partial charge >= 0.3 is 0 Å². The van der Waals surface area contributed by atoms with Gasteiger partial charge in [0.05, 0.1) is 35.7 Å². The monoisotopic (exact) mass is 630 g/mol. The second kappa shape index (κ2) is 13.9. The van der Waals surface area contributed by atoms with Crippen LogP contribution in [0.2, 0.25) is 0 Å². The standard InChI is InChI=1S/C30H38N4O7S2/c1-30(2,18-41-4)17-32-27(36)20-7-5-19(6-8-20)21-9-12-23-24(15-21)42-29(34-23)26(43(38,39)14-13-40-3)28(37)31-16-25(35)33-22-10-11-22/h5-9,12,15,22,26H,10-11,13-14,16-18H2,1-4H3,(H,31,37)(H,32,36)(H,33,35). The molecule has 232 valence electrons. The molecule has 13 heteroatoms. The molecule has 3 N–H and O–H groups in total. The quantitative estimate of drug-likeness (QED) is 0.232. The molecule has 2 aromatic carbocycles. The van der Waals surface area contributed by atoms with Gasteiger partial charge in [0.2, 0.25) is 11.8 Å². The molecule has 1 unspecified atom stereocenters. The van der Waals surface area contributed by atoms with Gasteiger partial charge < -0.3 is 25.4 Å². The van der Waals surface area contributed by atoms with E-state index in [2.05, 4.69) is 20.9 Å². The molecule has 1 fully saturated rings. The maximum absolute atomic E-state index is 13.2. The lowest BCUT2D eigenvalue weighted by atomic mass is 9.94. The molecule has 3 aromatic rings. The zero-order chi connectivity index (χ0) is 31.2. The van der Waals surface area contributed by atoms with Crippen molar-refractivity contribution in [2.24, 2.45) is 5.41 Å². The number of hydrogen-bond acceptors (Lipinski definition) is 9. The predicted molar refractivity (Wildman–Crippen MR) is 166 cm³/mol. The average molecular weight is 631 g/mol. The minimum atomic E-state index is -4.00. The number of benzene rings is 2. The number of nitrogens with zero attached hydrogens (tertiary/aromatic N) is 1. The maximum Gasteiger partial charge on any atom is 0.251 e. The molecule has 4 rings (SSSR count). The third-order valence-corrected chi connectivity index (χ3v) is 10.0. The highest BCUT2D eigenvalue weighted by atomic mass is 32.2. The summed E-state index contributed by atoms with van der Waals surface area (Å²) in [6.45, 7) is 4.62. The summed E-state index contributed by atoms with van der Waals surface area (Å²) in [6.07, 6.45) is 1.79. The van der Waals surface area contributed by atoms with Crippen molar-refractivity contribution in [1.82, 2.24) is 20.9 Å². The van der Waals surface area contributed by atoms with Crippen LogP contribution in [-0.4, -0.2) is 83.4 Å². The largest absolute Gasteiger partial charge is 0.384 e. The molecule has 1 heterocycles. The first-order valence-corrected chi connectivity index (χ1v) is 16.5. The molecule has 0 aliphatic heterocycles. The van der Waals surface area contributed by atoms with Crippen molar-refractivity contribution >= 4 is 49.1 Å². The first kappa shape index (κ1) is 32.5. The molecule has 11 nitrogen and oxygen atoms in total. The molecule has 43 heavy (non-hydrogen) atoms. The van der Waals surface area contributed by atoms with Gasteiger partial charge in [-0.25, -0.2) is 13.4 Å². The van der Waals surface area contributed by atoms with Crippen LogP contribution in [0, 0.1) is 5.41 Å². The fourth-order valence-electron chi connectivity index (χ4n) is 4.42. The molecular formula is C30H38N4O7S2. The molecule has 1 saturated carbocycles. The first-order valence-electron chi connectivity index (χ1n) is 14.0. The van der Waals surface area contributed by atoms with E-state index < -0.39 is 21.0 Å². The Morgan fingerprint density at radius 3 is 2.37 bits per heavy atom. The molecule has 1 aromatic heterocycles. The van der Waals surface area contributed by atoms with E-state index >= 15 is 0 Å². The van der Waals surface area contributed by atoms with Crippen LogP contribution >= 0.6 is 11.3 Å². The number of carbonyl (C=O) groups is 3. The number of sulfone groups is 1. The molecule has 0 saturated heterocycles. The van der Waals surface area contributed by atoms with Gasteiger partial charge in [-0.1, -0.05) is 32.0 Å². The fourth-order valence-corrected chi connectivity index (χ4v) is 7.40. The van der Waals surface area contributed by atoms with Gasteiger partial charge in [-0.2, -0.15) is 0 Å². The van der Waals surface area contributed by atoms with Crippen LogP contribution in [-0.2, 0) is 28.9 Å². The van der Waals surface area contributed by atoms with E-state index in [9.17, 15) is 22.8 Å². The number of fused-ring (bicyclic) bond motifs is 1. The van der Waals surface area contributed by atoms with Crippen molar-refractivity contribution in [2.45, 2.75) is 38.0 Å². The summed E-state index contributed by atoms with van der Waals surface area (Å²) < 4.78 is 37.3. The Labute approximate surface area is 255 Å². The summed E-state index contributed by atoms with van der Waals surface area (Å²) in [6, 6.07) is 12.8. The van der Waals surface area contributed by atoms with Gasteiger partial charge in [0, 0.05) is 37.8 Å². The van der Waals surface area contributed by atoms with Crippen LogP contribution in [0.5, 0.6) is 0 Å². The fraction of sp³-hybridized carbons (Fsp3) is 0.467. The molecule has 0 bridgehead atoms. The smallest absolute Gasteiger partial charge is 0.251 e. The molecule has 0 spiro atoms. The van der Waals surface area contributed by atoms with E-state index in [1.165, 1.54) is 7.11 Å². The summed E-state index contributed by atoms with van der Waals surface area (Å²) in [5.74, 6) is -1.72. The van der Waals surface area contributed by atoms with Crippen molar-refractivity contribution in [3.63, 3.8) is 0 Å². The van der Waals surface area contributed by atoms with Gasteiger partial charge in [0.25, 0.3) is 5.91 Å². The molecule has 0 radical (unpaired) electrons. The van der Waals surface area contributed by atoms with E-state index in [0.29, 0.717) is 28.9 Å². The van der Waals surface area contributed by atoms with Crippen molar-refractivity contribution < 1.29 is 32.3 Å². The zero-order valence-electron chi connectivity index (χ0n) is 24.8. The van der Waals surface area contributed by atoms with Crippen LogP contribution in [0.1, 0.15) is 47.3 Å². The van der Waals surface area contributed by atoms with Crippen molar-refractivity contribution in [1.29, 1.82) is 0 Å². The van der Waals surface area contributed by atoms with Crippen molar-refractivity contribution in [3.8, 4) is 11.1 Å². The molecule has 3 amide bonds. The second-order valence-electron chi connectivity index (χ2n) is 11.4. The van der Waals surface area contributed by atoms with Crippen LogP contribution in [0.15, 0.2) is 42.5 Å². The lowest BCUT2D eigenvalue weighted by Gasteiger charge is -2.23. The van der Waals surface area contributed by atoms with E-state index in [1.807, 2.05) is 38.1 Å². The maximum atomic E-state index is 13.2. The lowest BCUT2D eigenvalue weighted by Crippen LogP contribution is -2.41. The van der Waals surface area contributed by atoms with E-state index in [4.69, 9.17) is 9.47 Å². The molecule has 1 atom stereocenters. The summed E-state index contributed by atoms with van der Waals surface area (Å²) in [4.78, 5) is 42.4. The number of ether oxygens (including phenoxy) is 2. The van der Waals surface area contributed by atoms with Gasteiger partial charge in [-0.3, -0.25) is 14.4 Å². The zero-order valence-corrected chi connectivity index (χ0v) is 26.4. The normalized spacial score (nSPS) is 14.3. The number of hydrogen-bond donors (Lipinski definition) is 3. The summed E-state index contributed by atoms with van der Waals surface area (Å²) in [7, 11) is -0.987. The number of methoxy groups -OCH3 is 2. The minimum absolute atomic E-state index is 0.0811. The molecular weight excluding hydrogens is 592 g/mol. The van der Waals surface area contributed by atoms with Crippen molar-refractivity contribution in [2.75, 3.05) is 46.3 Å². The van der Waals surface area contributed by atoms with Crippen LogP contribution in [0.3, 0.4) is 0 Å². The Bertz CT molecular complexity index is 1560. The SMILES string of the molecule is COCCS(=O)(=O)C(C(=O)NCC(=O)NC1CC1)c1nc2ccc(-c3ccc(C(=O)NCC(C)(C)COC)cc3)cc2s1. The summed E-state index contributed by atoms with van der Waals surface area (Å²) in [5, 5.41) is 6.72. The van der Waals surface area contributed by atoms with E-state index in [1.54, 1.807) is 25.3 Å². The molecule has 1 aliphatic carbocycles. The summed E-state index contributed by atoms with van der Waals surface area (Å²) >= 11 is 1.11. The number of aromatic nitrogens is 1. The number of thiazole rings is 1. The highest BCUT2D eigenvalue weighted by Gasteiger charge is 2.37. The predicted octanol–water partition coefficient (Wildman–Crippen LogP) is 2.86. The second-order valence-corrected chi connectivity index (χ2v) is 14.7. The highest BCUT2D eigenvalue weighted by Crippen LogP contribution is 2.34. The van der Waals surface area contributed by atoms with Gasteiger partial charge in [0.15, 0.2) is 15.1 Å². The van der Waals surface area contributed by atoms with Gasteiger partial charge in [0.1, 0.15) is 5.01 Å². The number of rotatable bonds is 15. The van der Waals surface area contributed by atoms with E-state index in [0.717, 1.165) is 35.3 Å². The van der Waals surface area contributed by atoms with Crippen LogP contribution < -0.4 is 16.0 Å². The number of amides is 3. The Kier molecular flexibility index (Phi) is 10.5. The summed E-state index contributed by atoms with van der Waals surface area (Å²) in [5.41, 5.74) is 2.58. The van der Waals surface area contributed by atoms with Crippen molar-refractivity contribution in [3.05, 3.63) is 53.0 Å². The lowest BCUT2D eigenvalue weighted by molar-refractivity contribution is -0.126. The first-order chi connectivity index (χ1) is 20.4. The van der Waals surface area contributed by atoms with Crippen LogP contribution in [0.4, 0.5) is 0 Å². The van der Waals surface area contributed by atoms with E-state index in [-0.39, 0.29) is 47.2 Å². The number of nitrogens with one attached hydrogen (secondary N) is 3. The Hall–Kier alpha value is -3.39. The third-order valence-electron chi connectivity index (χ3n) is 6.91. The third kappa shape index (κ3) is 8.82. The number of carbonyl (C=O) groups excluding carboxylic acids is 3. The Morgan fingerprint density at radius 2 is 1.72 bits per heavy atom.